The zero-order chi connectivity index (χ0) is 9.15. The van der Waals surface area contributed by atoms with Crippen LogP contribution in [0.3, 0.4) is 0 Å². The van der Waals surface area contributed by atoms with Gasteiger partial charge in [-0.25, -0.2) is 0 Å². The molecule has 1 aromatic rings. The summed E-state index contributed by atoms with van der Waals surface area (Å²) in [6.45, 7) is 4.66. The zero-order valence-corrected chi connectivity index (χ0v) is 7.79. The lowest BCUT2D eigenvalue weighted by Crippen LogP contribution is -2.45. The quantitative estimate of drug-likeness (QED) is 0.694. The third kappa shape index (κ3) is 1.71. The van der Waals surface area contributed by atoms with Crippen LogP contribution in [0.4, 0.5) is 0 Å². The summed E-state index contributed by atoms with van der Waals surface area (Å²) in [5.74, 6) is 0. The number of ether oxygens (including phenoxy) is 1. The van der Waals surface area contributed by atoms with Crippen molar-refractivity contribution in [1.29, 1.82) is 0 Å². The number of nitrogens with zero attached hydrogens (tertiary/aromatic N) is 1. The Hall–Kier alpha value is -0.930. The van der Waals surface area contributed by atoms with Crippen LogP contribution >= 0.6 is 0 Å². The summed E-state index contributed by atoms with van der Waals surface area (Å²) in [5.41, 5.74) is 0.939. The molecule has 1 unspecified atom stereocenters. The summed E-state index contributed by atoms with van der Waals surface area (Å²) >= 11 is 0. The van der Waals surface area contributed by atoms with Gasteiger partial charge in [-0.3, -0.25) is 4.98 Å². The third-order valence-electron chi connectivity index (χ3n) is 2.43. The van der Waals surface area contributed by atoms with Gasteiger partial charge in [0.1, 0.15) is 5.60 Å². The highest BCUT2D eigenvalue weighted by molar-refractivity contribution is 5.18. The standard InChI is InChI=1S/C10H14N2O/c1-10(8-12-5-6-13-10)9-3-2-4-11-7-9/h2-4,7,12H,5-6,8H2,1H3. The van der Waals surface area contributed by atoms with E-state index < -0.39 is 0 Å². The van der Waals surface area contributed by atoms with Crippen LogP contribution in [0.25, 0.3) is 0 Å². The van der Waals surface area contributed by atoms with Gasteiger partial charge in [0, 0.05) is 31.0 Å². The molecular weight excluding hydrogens is 164 g/mol. The Balaban J connectivity index is 2.23. The van der Waals surface area contributed by atoms with Gasteiger partial charge in [0.15, 0.2) is 0 Å². The van der Waals surface area contributed by atoms with E-state index in [1.54, 1.807) is 6.20 Å². The normalized spacial score (nSPS) is 28.7. The molecule has 1 aliphatic rings. The first-order valence-electron chi connectivity index (χ1n) is 4.56. The van der Waals surface area contributed by atoms with Crippen LogP contribution in [0.5, 0.6) is 0 Å². The van der Waals surface area contributed by atoms with Crippen LogP contribution in [0.1, 0.15) is 12.5 Å². The van der Waals surface area contributed by atoms with Gasteiger partial charge in [-0.15, -0.1) is 0 Å². The van der Waals surface area contributed by atoms with Crippen molar-refractivity contribution in [3.8, 4) is 0 Å². The summed E-state index contributed by atoms with van der Waals surface area (Å²) in [6.07, 6.45) is 3.65. The number of hydrogen-bond acceptors (Lipinski definition) is 3. The van der Waals surface area contributed by atoms with Crippen molar-refractivity contribution in [1.82, 2.24) is 10.3 Å². The molecule has 0 aromatic carbocycles. The lowest BCUT2D eigenvalue weighted by atomic mass is 9.96. The first kappa shape index (κ1) is 8.66. The van der Waals surface area contributed by atoms with E-state index >= 15 is 0 Å². The molecule has 0 saturated carbocycles. The average molecular weight is 178 g/mol. The summed E-state index contributed by atoms with van der Waals surface area (Å²) in [5, 5.41) is 3.32. The SMILES string of the molecule is CC1(c2cccnc2)CNCCO1. The maximum absolute atomic E-state index is 5.75. The van der Waals surface area contributed by atoms with Crippen molar-refractivity contribution in [2.24, 2.45) is 0 Å². The Morgan fingerprint density at radius 2 is 2.54 bits per heavy atom. The minimum atomic E-state index is -0.202. The molecule has 3 heteroatoms. The molecule has 1 aliphatic heterocycles. The van der Waals surface area contributed by atoms with E-state index in [9.17, 15) is 0 Å². The van der Waals surface area contributed by atoms with Crippen molar-refractivity contribution >= 4 is 0 Å². The maximum Gasteiger partial charge on any atom is 0.104 e. The number of pyridine rings is 1. The summed E-state index contributed by atoms with van der Waals surface area (Å²) in [7, 11) is 0. The average Bonchev–Trinajstić information content (AvgIpc) is 2.20. The fraction of sp³-hybridized carbons (Fsp3) is 0.500. The Bertz CT molecular complexity index is 268. The van der Waals surface area contributed by atoms with Crippen LogP contribution in [-0.2, 0) is 10.3 Å². The van der Waals surface area contributed by atoms with Crippen molar-refractivity contribution in [3.63, 3.8) is 0 Å². The highest BCUT2D eigenvalue weighted by Gasteiger charge is 2.29. The molecule has 1 atom stereocenters. The molecule has 0 radical (unpaired) electrons. The lowest BCUT2D eigenvalue weighted by molar-refractivity contribution is -0.0574. The maximum atomic E-state index is 5.75. The summed E-state index contributed by atoms with van der Waals surface area (Å²) in [6, 6.07) is 4.00. The van der Waals surface area contributed by atoms with Gasteiger partial charge in [0.2, 0.25) is 0 Å². The molecule has 70 valence electrons. The summed E-state index contributed by atoms with van der Waals surface area (Å²) in [4.78, 5) is 4.10. The second kappa shape index (κ2) is 3.44. The van der Waals surface area contributed by atoms with Crippen LogP contribution in [0, 0.1) is 0 Å². The number of hydrogen-bond donors (Lipinski definition) is 1. The Morgan fingerprint density at radius 1 is 1.62 bits per heavy atom. The van der Waals surface area contributed by atoms with Gasteiger partial charge in [-0.2, -0.15) is 0 Å². The number of morpholine rings is 1. The van der Waals surface area contributed by atoms with Gasteiger partial charge >= 0.3 is 0 Å². The minimum Gasteiger partial charge on any atom is -0.368 e. The third-order valence-corrected chi connectivity index (χ3v) is 2.43. The van der Waals surface area contributed by atoms with E-state index in [2.05, 4.69) is 23.3 Å². The van der Waals surface area contributed by atoms with Gasteiger partial charge in [0.05, 0.1) is 6.61 Å². The van der Waals surface area contributed by atoms with Gasteiger partial charge in [0.25, 0.3) is 0 Å². The highest BCUT2D eigenvalue weighted by atomic mass is 16.5. The number of rotatable bonds is 1. The van der Waals surface area contributed by atoms with E-state index in [0.717, 1.165) is 25.3 Å². The van der Waals surface area contributed by atoms with Crippen LogP contribution in [0.2, 0.25) is 0 Å². The lowest BCUT2D eigenvalue weighted by Gasteiger charge is -2.34. The van der Waals surface area contributed by atoms with Crippen molar-refractivity contribution in [3.05, 3.63) is 30.1 Å². The minimum absolute atomic E-state index is 0.202. The smallest absolute Gasteiger partial charge is 0.104 e. The largest absolute Gasteiger partial charge is 0.368 e. The predicted octanol–water partition coefficient (Wildman–Crippen LogP) is 0.917. The molecule has 1 fully saturated rings. The van der Waals surface area contributed by atoms with E-state index in [1.807, 2.05) is 12.3 Å². The van der Waals surface area contributed by atoms with E-state index in [-0.39, 0.29) is 5.60 Å². The molecule has 0 amide bonds. The molecule has 1 saturated heterocycles. The molecule has 0 spiro atoms. The van der Waals surface area contributed by atoms with Gasteiger partial charge in [-0.05, 0) is 13.0 Å². The first-order chi connectivity index (χ1) is 6.31. The fourth-order valence-corrected chi connectivity index (χ4v) is 1.59. The molecule has 1 N–H and O–H groups in total. The molecule has 1 aromatic heterocycles. The first-order valence-corrected chi connectivity index (χ1v) is 4.56. The molecule has 0 aliphatic carbocycles. The van der Waals surface area contributed by atoms with E-state index in [1.165, 1.54) is 0 Å². The molecular formula is C10H14N2O. The summed E-state index contributed by atoms with van der Waals surface area (Å²) < 4.78 is 5.75. The molecule has 13 heavy (non-hydrogen) atoms. The van der Waals surface area contributed by atoms with E-state index in [4.69, 9.17) is 4.74 Å². The Kier molecular flexibility index (Phi) is 2.29. The monoisotopic (exact) mass is 178 g/mol. The van der Waals surface area contributed by atoms with Crippen molar-refractivity contribution in [2.75, 3.05) is 19.7 Å². The number of nitrogens with one attached hydrogen (secondary N) is 1. The van der Waals surface area contributed by atoms with Crippen LogP contribution in [-0.4, -0.2) is 24.7 Å². The Labute approximate surface area is 78.1 Å². The zero-order valence-electron chi connectivity index (χ0n) is 7.79. The predicted molar refractivity (Wildman–Crippen MR) is 50.4 cm³/mol. The fourth-order valence-electron chi connectivity index (χ4n) is 1.59. The van der Waals surface area contributed by atoms with Gasteiger partial charge < -0.3 is 10.1 Å². The highest BCUT2D eigenvalue weighted by Crippen LogP contribution is 2.25. The molecule has 0 bridgehead atoms. The van der Waals surface area contributed by atoms with Crippen molar-refractivity contribution in [2.45, 2.75) is 12.5 Å². The van der Waals surface area contributed by atoms with Crippen LogP contribution in [0.15, 0.2) is 24.5 Å². The van der Waals surface area contributed by atoms with E-state index in [0.29, 0.717) is 0 Å². The topological polar surface area (TPSA) is 34.2 Å². The van der Waals surface area contributed by atoms with Gasteiger partial charge in [-0.1, -0.05) is 6.07 Å². The Morgan fingerprint density at radius 3 is 3.15 bits per heavy atom. The second-order valence-electron chi connectivity index (χ2n) is 3.50. The second-order valence-corrected chi connectivity index (χ2v) is 3.50. The number of aromatic nitrogens is 1. The molecule has 2 heterocycles. The molecule has 2 rings (SSSR count). The van der Waals surface area contributed by atoms with Crippen molar-refractivity contribution < 1.29 is 4.74 Å². The molecule has 3 nitrogen and oxygen atoms in total. The van der Waals surface area contributed by atoms with Crippen LogP contribution < -0.4 is 5.32 Å².